The zero-order chi connectivity index (χ0) is 15.7. The van der Waals surface area contributed by atoms with Crippen LogP contribution >= 0.6 is 0 Å². The summed E-state index contributed by atoms with van der Waals surface area (Å²) in [6, 6.07) is 1.96. The van der Waals surface area contributed by atoms with Gasteiger partial charge in [-0.25, -0.2) is 4.39 Å². The Hall–Kier alpha value is -1.63. The van der Waals surface area contributed by atoms with Crippen LogP contribution in [0.15, 0.2) is 18.2 Å². The van der Waals surface area contributed by atoms with Gasteiger partial charge in [0.05, 0.1) is 17.6 Å². The minimum Gasteiger partial charge on any atom is -0.481 e. The number of aliphatic hydroxyl groups excluding tert-OH is 1. The minimum atomic E-state index is -4.91. The van der Waals surface area contributed by atoms with Gasteiger partial charge in [0.25, 0.3) is 0 Å². The van der Waals surface area contributed by atoms with E-state index in [2.05, 4.69) is 0 Å². The Morgan fingerprint density at radius 1 is 1.25 bits per heavy atom. The predicted octanol–water partition coefficient (Wildman–Crippen LogP) is 3.23. The van der Waals surface area contributed by atoms with E-state index in [1.807, 2.05) is 0 Å². The van der Waals surface area contributed by atoms with Gasteiger partial charge >= 0.3 is 12.1 Å². The van der Waals surface area contributed by atoms with Crippen molar-refractivity contribution in [2.45, 2.75) is 26.1 Å². The van der Waals surface area contributed by atoms with Gasteiger partial charge in [-0.3, -0.25) is 4.79 Å². The van der Waals surface area contributed by atoms with Crippen molar-refractivity contribution in [3.63, 3.8) is 0 Å². The van der Waals surface area contributed by atoms with Crippen LogP contribution in [0.3, 0.4) is 0 Å². The molecule has 1 aromatic rings. The average Bonchev–Trinajstić information content (AvgIpc) is 2.26. The maximum absolute atomic E-state index is 13.1. The lowest BCUT2D eigenvalue weighted by Crippen LogP contribution is -2.27. The Morgan fingerprint density at radius 3 is 2.20 bits per heavy atom. The van der Waals surface area contributed by atoms with Crippen LogP contribution < -0.4 is 0 Å². The molecule has 2 N–H and O–H groups in total. The molecular formula is C13H14F4O3. The molecule has 0 amide bonds. The SMILES string of the molecule is CC(C)C(C(=O)O)C(O)c1ccc(F)c(C(F)(F)F)c1. The summed E-state index contributed by atoms with van der Waals surface area (Å²) >= 11 is 0. The second kappa shape index (κ2) is 5.78. The second-order valence-electron chi connectivity index (χ2n) is 4.79. The van der Waals surface area contributed by atoms with Gasteiger partial charge < -0.3 is 10.2 Å². The molecule has 0 aliphatic carbocycles. The number of benzene rings is 1. The van der Waals surface area contributed by atoms with Crippen molar-refractivity contribution >= 4 is 5.97 Å². The number of carbonyl (C=O) groups is 1. The number of carboxylic acids is 1. The third-order valence-corrected chi connectivity index (χ3v) is 2.98. The fourth-order valence-corrected chi connectivity index (χ4v) is 1.94. The molecule has 2 atom stereocenters. The predicted molar refractivity (Wildman–Crippen MR) is 62.3 cm³/mol. The molecule has 0 radical (unpaired) electrons. The Labute approximate surface area is 112 Å². The Balaban J connectivity index is 3.23. The molecule has 20 heavy (non-hydrogen) atoms. The first kappa shape index (κ1) is 16.4. The topological polar surface area (TPSA) is 57.5 Å². The summed E-state index contributed by atoms with van der Waals surface area (Å²) in [5, 5.41) is 18.9. The third-order valence-electron chi connectivity index (χ3n) is 2.98. The average molecular weight is 294 g/mol. The summed E-state index contributed by atoms with van der Waals surface area (Å²) < 4.78 is 50.8. The molecular weight excluding hydrogens is 280 g/mol. The number of aliphatic hydroxyl groups is 1. The summed E-state index contributed by atoms with van der Waals surface area (Å²) in [5.74, 6) is -4.57. The van der Waals surface area contributed by atoms with Gasteiger partial charge in [0, 0.05) is 0 Å². The van der Waals surface area contributed by atoms with Crippen LogP contribution in [0.2, 0.25) is 0 Å². The highest BCUT2D eigenvalue weighted by Crippen LogP contribution is 2.35. The standard InChI is InChI=1S/C13H14F4O3/c1-6(2)10(12(19)20)11(18)7-3-4-9(14)8(5-7)13(15,16)17/h3-6,10-11,18H,1-2H3,(H,19,20). The summed E-state index contributed by atoms with van der Waals surface area (Å²) in [5.41, 5.74) is -1.80. The van der Waals surface area contributed by atoms with Crippen LogP contribution in [0.1, 0.15) is 31.1 Å². The van der Waals surface area contributed by atoms with Gasteiger partial charge in [0.15, 0.2) is 0 Å². The van der Waals surface area contributed by atoms with Gasteiger partial charge in [-0.15, -0.1) is 0 Å². The highest BCUT2D eigenvalue weighted by molar-refractivity contribution is 5.71. The molecule has 3 nitrogen and oxygen atoms in total. The van der Waals surface area contributed by atoms with Crippen LogP contribution in [0.4, 0.5) is 17.6 Å². The third kappa shape index (κ3) is 3.47. The van der Waals surface area contributed by atoms with Gasteiger partial charge in [-0.05, 0) is 23.6 Å². The van der Waals surface area contributed by atoms with E-state index < -0.39 is 41.5 Å². The Kier molecular flexibility index (Phi) is 4.75. The van der Waals surface area contributed by atoms with E-state index >= 15 is 0 Å². The van der Waals surface area contributed by atoms with Crippen molar-refractivity contribution < 1.29 is 32.6 Å². The summed E-state index contributed by atoms with van der Waals surface area (Å²) in [6.07, 6.45) is -6.55. The van der Waals surface area contributed by atoms with Crippen molar-refractivity contribution in [1.82, 2.24) is 0 Å². The van der Waals surface area contributed by atoms with E-state index in [4.69, 9.17) is 5.11 Å². The zero-order valence-electron chi connectivity index (χ0n) is 10.8. The smallest absolute Gasteiger partial charge is 0.419 e. The molecule has 7 heteroatoms. The lowest BCUT2D eigenvalue weighted by molar-refractivity contribution is -0.148. The lowest BCUT2D eigenvalue weighted by Gasteiger charge is -2.23. The quantitative estimate of drug-likeness (QED) is 0.838. The normalized spacial score (nSPS) is 15.2. The number of halogens is 4. The first-order valence-electron chi connectivity index (χ1n) is 5.83. The van der Waals surface area contributed by atoms with E-state index in [0.717, 1.165) is 6.07 Å². The number of carboxylic acid groups (broad SMARTS) is 1. The number of aliphatic carboxylic acids is 1. The van der Waals surface area contributed by atoms with E-state index in [9.17, 15) is 27.5 Å². The van der Waals surface area contributed by atoms with Crippen LogP contribution in [0.25, 0.3) is 0 Å². The van der Waals surface area contributed by atoms with Gasteiger partial charge in [-0.1, -0.05) is 19.9 Å². The highest BCUT2D eigenvalue weighted by atomic mass is 19.4. The number of alkyl halides is 3. The molecule has 0 bridgehead atoms. The van der Waals surface area contributed by atoms with E-state index in [1.165, 1.54) is 13.8 Å². The monoisotopic (exact) mass is 294 g/mol. The van der Waals surface area contributed by atoms with Crippen molar-refractivity contribution in [1.29, 1.82) is 0 Å². The van der Waals surface area contributed by atoms with E-state index in [1.54, 1.807) is 0 Å². The molecule has 1 aromatic carbocycles. The molecule has 112 valence electrons. The molecule has 1 rings (SSSR count). The fraction of sp³-hybridized carbons (Fsp3) is 0.462. The van der Waals surface area contributed by atoms with Crippen molar-refractivity contribution in [3.8, 4) is 0 Å². The first-order chi connectivity index (χ1) is 9.05. The van der Waals surface area contributed by atoms with E-state index in [-0.39, 0.29) is 5.56 Å². The van der Waals surface area contributed by atoms with E-state index in [0.29, 0.717) is 12.1 Å². The summed E-state index contributed by atoms with van der Waals surface area (Å²) in [4.78, 5) is 11.0. The largest absolute Gasteiger partial charge is 0.481 e. The number of rotatable bonds is 4. The molecule has 0 aliphatic heterocycles. The number of hydrogen-bond acceptors (Lipinski definition) is 2. The number of hydrogen-bond donors (Lipinski definition) is 2. The molecule has 0 saturated carbocycles. The van der Waals surface area contributed by atoms with Crippen LogP contribution in [0, 0.1) is 17.7 Å². The lowest BCUT2D eigenvalue weighted by atomic mass is 9.86. The van der Waals surface area contributed by atoms with Gasteiger partial charge in [0.1, 0.15) is 5.82 Å². The van der Waals surface area contributed by atoms with Crippen molar-refractivity contribution in [3.05, 3.63) is 35.1 Å². The summed E-state index contributed by atoms with van der Waals surface area (Å²) in [6.45, 7) is 3.05. The maximum Gasteiger partial charge on any atom is 0.419 e. The summed E-state index contributed by atoms with van der Waals surface area (Å²) in [7, 11) is 0. The van der Waals surface area contributed by atoms with Crippen LogP contribution in [0.5, 0.6) is 0 Å². The van der Waals surface area contributed by atoms with Gasteiger partial charge in [-0.2, -0.15) is 13.2 Å². The molecule has 0 aliphatic rings. The molecule has 2 unspecified atom stereocenters. The molecule has 0 aromatic heterocycles. The first-order valence-corrected chi connectivity index (χ1v) is 5.83. The van der Waals surface area contributed by atoms with Crippen molar-refractivity contribution in [2.24, 2.45) is 11.8 Å². The maximum atomic E-state index is 13.1. The van der Waals surface area contributed by atoms with Crippen LogP contribution in [-0.2, 0) is 11.0 Å². The molecule has 0 heterocycles. The highest BCUT2D eigenvalue weighted by Gasteiger charge is 2.36. The Morgan fingerprint density at radius 2 is 1.80 bits per heavy atom. The van der Waals surface area contributed by atoms with Crippen molar-refractivity contribution in [2.75, 3.05) is 0 Å². The van der Waals surface area contributed by atoms with Gasteiger partial charge in [0.2, 0.25) is 0 Å². The second-order valence-corrected chi connectivity index (χ2v) is 4.79. The molecule has 0 fully saturated rings. The molecule has 0 saturated heterocycles. The molecule has 0 spiro atoms. The Bertz CT molecular complexity index is 497. The van der Waals surface area contributed by atoms with Crippen LogP contribution in [-0.4, -0.2) is 16.2 Å². The zero-order valence-corrected chi connectivity index (χ0v) is 10.8. The minimum absolute atomic E-state index is 0.278. The fourth-order valence-electron chi connectivity index (χ4n) is 1.94.